The number of hydrogen-bond acceptors (Lipinski definition) is 2. The minimum atomic E-state index is 0.272. The third-order valence-electron chi connectivity index (χ3n) is 0.921. The predicted octanol–water partition coefficient (Wildman–Crippen LogP) is 0.964. The molecule has 1 nitrogen and oxygen atoms in total. The Morgan fingerprint density at radius 2 is 2.57 bits per heavy atom. The van der Waals surface area contributed by atoms with E-state index in [0.717, 1.165) is 0 Å². The third kappa shape index (κ3) is 1.53. The van der Waals surface area contributed by atoms with Gasteiger partial charge >= 0.3 is 0 Å². The summed E-state index contributed by atoms with van der Waals surface area (Å²) in [5, 5.41) is 0.272. The van der Waals surface area contributed by atoms with Crippen LogP contribution in [0.25, 0.3) is 0 Å². The molecule has 7 heavy (non-hydrogen) atoms. The molecule has 0 radical (unpaired) electrons. The second kappa shape index (κ2) is 2.38. The maximum absolute atomic E-state index is 5.51. The zero-order valence-corrected chi connectivity index (χ0v) is 4.95. The normalized spacial score (nSPS) is 30.7. The highest BCUT2D eigenvalue weighted by Crippen LogP contribution is 2.13. The molecule has 1 aliphatic heterocycles. The SMILES string of the molecule is NC1C=CCCS1. The minimum absolute atomic E-state index is 0.272. The molecule has 0 aromatic rings. The summed E-state index contributed by atoms with van der Waals surface area (Å²) in [5.74, 6) is 1.19. The fraction of sp³-hybridized carbons (Fsp3) is 0.600. The number of nitrogens with two attached hydrogens (primary N) is 1. The van der Waals surface area contributed by atoms with Crippen LogP contribution in [0.1, 0.15) is 6.42 Å². The summed E-state index contributed by atoms with van der Waals surface area (Å²) in [6, 6.07) is 0. The van der Waals surface area contributed by atoms with Crippen LogP contribution in [0.5, 0.6) is 0 Å². The van der Waals surface area contributed by atoms with Crippen molar-refractivity contribution in [2.75, 3.05) is 5.75 Å². The van der Waals surface area contributed by atoms with Gasteiger partial charge in [-0.05, 0) is 12.2 Å². The van der Waals surface area contributed by atoms with Crippen LogP contribution < -0.4 is 5.73 Å². The molecular weight excluding hydrogens is 106 g/mol. The van der Waals surface area contributed by atoms with Crippen LogP contribution in [0.4, 0.5) is 0 Å². The molecule has 40 valence electrons. The molecule has 0 spiro atoms. The number of hydrogen-bond donors (Lipinski definition) is 1. The molecule has 2 heteroatoms. The average molecular weight is 115 g/mol. The quantitative estimate of drug-likeness (QED) is 0.476. The van der Waals surface area contributed by atoms with Crippen molar-refractivity contribution < 1.29 is 0 Å². The summed E-state index contributed by atoms with van der Waals surface area (Å²) in [6.45, 7) is 0. The van der Waals surface area contributed by atoms with E-state index in [0.29, 0.717) is 0 Å². The molecule has 0 amide bonds. The van der Waals surface area contributed by atoms with Crippen molar-refractivity contribution in [3.63, 3.8) is 0 Å². The molecule has 1 aliphatic rings. The second-order valence-electron chi connectivity index (χ2n) is 1.55. The molecule has 0 aromatic heterocycles. The van der Waals surface area contributed by atoms with E-state index in [-0.39, 0.29) is 5.37 Å². The highest BCUT2D eigenvalue weighted by Gasteiger charge is 1.99. The van der Waals surface area contributed by atoms with Crippen LogP contribution in [0.2, 0.25) is 0 Å². The summed E-state index contributed by atoms with van der Waals surface area (Å²) in [6.07, 6.45) is 5.38. The van der Waals surface area contributed by atoms with Gasteiger partial charge in [0.2, 0.25) is 0 Å². The molecule has 2 N–H and O–H groups in total. The molecule has 0 aliphatic carbocycles. The van der Waals surface area contributed by atoms with Gasteiger partial charge in [-0.3, -0.25) is 0 Å². The summed E-state index contributed by atoms with van der Waals surface area (Å²) in [4.78, 5) is 0. The van der Waals surface area contributed by atoms with Crippen molar-refractivity contribution in [1.29, 1.82) is 0 Å². The molecule has 0 saturated heterocycles. The van der Waals surface area contributed by atoms with Crippen LogP contribution in [-0.4, -0.2) is 11.1 Å². The van der Waals surface area contributed by atoms with Gasteiger partial charge in [0.25, 0.3) is 0 Å². The van der Waals surface area contributed by atoms with Gasteiger partial charge in [0.05, 0.1) is 5.37 Å². The van der Waals surface area contributed by atoms with E-state index in [1.54, 1.807) is 0 Å². The maximum atomic E-state index is 5.51. The number of thioether (sulfide) groups is 1. The van der Waals surface area contributed by atoms with Gasteiger partial charge < -0.3 is 5.73 Å². The van der Waals surface area contributed by atoms with Crippen LogP contribution >= 0.6 is 11.8 Å². The first kappa shape index (κ1) is 5.19. The van der Waals surface area contributed by atoms with Crippen molar-refractivity contribution >= 4 is 11.8 Å². The Morgan fingerprint density at radius 1 is 1.71 bits per heavy atom. The van der Waals surface area contributed by atoms with E-state index >= 15 is 0 Å². The smallest absolute Gasteiger partial charge is 0.0694 e. The Labute approximate surface area is 48.0 Å². The summed E-state index contributed by atoms with van der Waals surface area (Å²) < 4.78 is 0. The Balaban J connectivity index is 2.36. The van der Waals surface area contributed by atoms with Gasteiger partial charge in [0.1, 0.15) is 0 Å². The van der Waals surface area contributed by atoms with Gasteiger partial charge in [-0.25, -0.2) is 0 Å². The fourth-order valence-corrected chi connectivity index (χ4v) is 1.32. The third-order valence-corrected chi connectivity index (χ3v) is 1.93. The van der Waals surface area contributed by atoms with E-state index in [4.69, 9.17) is 5.73 Å². The standard InChI is InChI=1S/C5H9NS/c6-5-3-1-2-4-7-5/h1,3,5H,2,4,6H2. The second-order valence-corrected chi connectivity index (χ2v) is 2.84. The van der Waals surface area contributed by atoms with Crippen molar-refractivity contribution in [2.45, 2.75) is 11.8 Å². The lowest BCUT2D eigenvalue weighted by atomic mass is 10.4. The fourth-order valence-electron chi connectivity index (χ4n) is 0.558. The molecular formula is C5H9NS. The van der Waals surface area contributed by atoms with Gasteiger partial charge in [-0.15, -0.1) is 11.8 Å². The molecule has 1 atom stereocenters. The van der Waals surface area contributed by atoms with Gasteiger partial charge in [-0.2, -0.15) is 0 Å². The van der Waals surface area contributed by atoms with Crippen molar-refractivity contribution in [3.05, 3.63) is 12.2 Å². The first-order valence-electron chi connectivity index (χ1n) is 2.43. The van der Waals surface area contributed by atoms with Crippen LogP contribution in [0, 0.1) is 0 Å². The molecule has 1 rings (SSSR count). The van der Waals surface area contributed by atoms with Crippen LogP contribution in [0.3, 0.4) is 0 Å². The lowest BCUT2D eigenvalue weighted by Crippen LogP contribution is -2.14. The lowest BCUT2D eigenvalue weighted by Gasteiger charge is -2.08. The van der Waals surface area contributed by atoms with Crippen LogP contribution in [-0.2, 0) is 0 Å². The molecule has 1 unspecified atom stereocenters. The molecule has 0 bridgehead atoms. The largest absolute Gasteiger partial charge is 0.316 e. The highest BCUT2D eigenvalue weighted by atomic mass is 32.2. The first-order chi connectivity index (χ1) is 3.39. The Kier molecular flexibility index (Phi) is 1.77. The zero-order valence-electron chi connectivity index (χ0n) is 4.13. The van der Waals surface area contributed by atoms with E-state index < -0.39 is 0 Å². The Hall–Kier alpha value is 0.0500. The van der Waals surface area contributed by atoms with Crippen molar-refractivity contribution in [2.24, 2.45) is 5.73 Å². The van der Waals surface area contributed by atoms with Gasteiger partial charge in [-0.1, -0.05) is 12.2 Å². The van der Waals surface area contributed by atoms with Crippen LogP contribution in [0.15, 0.2) is 12.2 Å². The Bertz CT molecular complexity index is 80.1. The lowest BCUT2D eigenvalue weighted by molar-refractivity contribution is 1.09. The van der Waals surface area contributed by atoms with E-state index in [2.05, 4.69) is 6.08 Å². The van der Waals surface area contributed by atoms with Crippen molar-refractivity contribution in [1.82, 2.24) is 0 Å². The molecule has 0 fully saturated rings. The van der Waals surface area contributed by atoms with E-state index in [1.807, 2.05) is 17.8 Å². The van der Waals surface area contributed by atoms with E-state index in [9.17, 15) is 0 Å². The van der Waals surface area contributed by atoms with Gasteiger partial charge in [0.15, 0.2) is 0 Å². The number of allylic oxidation sites excluding steroid dienone is 1. The van der Waals surface area contributed by atoms with Crippen molar-refractivity contribution in [3.8, 4) is 0 Å². The maximum Gasteiger partial charge on any atom is 0.0694 e. The van der Waals surface area contributed by atoms with E-state index in [1.165, 1.54) is 12.2 Å². The minimum Gasteiger partial charge on any atom is -0.316 e. The summed E-state index contributed by atoms with van der Waals surface area (Å²) in [5.41, 5.74) is 5.51. The summed E-state index contributed by atoms with van der Waals surface area (Å²) >= 11 is 1.81. The monoisotopic (exact) mass is 115 g/mol. The molecule has 1 heterocycles. The van der Waals surface area contributed by atoms with Gasteiger partial charge in [0, 0.05) is 0 Å². The average Bonchev–Trinajstić information content (AvgIpc) is 1.69. The summed E-state index contributed by atoms with van der Waals surface area (Å²) in [7, 11) is 0. The first-order valence-corrected chi connectivity index (χ1v) is 3.48. The zero-order chi connectivity index (χ0) is 5.11. The Morgan fingerprint density at radius 3 is 2.86 bits per heavy atom. The molecule has 0 saturated carbocycles. The highest BCUT2D eigenvalue weighted by molar-refractivity contribution is 8.00. The number of rotatable bonds is 0. The predicted molar refractivity (Wildman–Crippen MR) is 34.2 cm³/mol. The molecule has 0 aromatic carbocycles. The topological polar surface area (TPSA) is 26.0 Å².